The third-order valence-corrected chi connectivity index (χ3v) is 4.26. The summed E-state index contributed by atoms with van der Waals surface area (Å²) in [6.07, 6.45) is 5.53. The van der Waals surface area contributed by atoms with Crippen LogP contribution in [0.5, 0.6) is 0 Å². The zero-order valence-corrected chi connectivity index (χ0v) is 10.5. The Morgan fingerprint density at radius 3 is 2.81 bits per heavy atom. The van der Waals surface area contributed by atoms with Crippen LogP contribution in [0.15, 0.2) is 16.8 Å². The van der Waals surface area contributed by atoms with Crippen molar-refractivity contribution in [2.75, 3.05) is 7.11 Å². The SMILES string of the molecule is COC1(C(=O)CCc2ccsc2)CCCC1. The van der Waals surface area contributed by atoms with Crippen molar-refractivity contribution in [3.63, 3.8) is 0 Å². The third-order valence-electron chi connectivity index (χ3n) is 3.53. The molecule has 2 nitrogen and oxygen atoms in total. The van der Waals surface area contributed by atoms with E-state index in [0.29, 0.717) is 12.2 Å². The first kappa shape index (κ1) is 11.8. The number of ketones is 1. The van der Waals surface area contributed by atoms with Crippen LogP contribution in [-0.4, -0.2) is 18.5 Å². The molecule has 1 fully saturated rings. The Morgan fingerprint density at radius 2 is 2.25 bits per heavy atom. The number of Topliss-reactive ketones (excluding diaryl/α,β-unsaturated/α-hetero) is 1. The number of carbonyl (C=O) groups is 1. The Hall–Kier alpha value is -0.670. The van der Waals surface area contributed by atoms with Crippen LogP contribution in [0.1, 0.15) is 37.7 Å². The predicted octanol–water partition coefficient (Wildman–Crippen LogP) is 3.21. The fourth-order valence-electron chi connectivity index (χ4n) is 2.46. The second-order valence-corrected chi connectivity index (χ2v) is 5.24. The Morgan fingerprint density at radius 1 is 1.50 bits per heavy atom. The number of carbonyl (C=O) groups excluding carboxylic acids is 1. The molecule has 16 heavy (non-hydrogen) atoms. The first-order valence-corrected chi connectivity index (χ1v) is 6.81. The molecule has 0 aliphatic heterocycles. The lowest BCUT2D eigenvalue weighted by Crippen LogP contribution is -2.37. The molecule has 3 heteroatoms. The molecule has 1 aromatic rings. The Bertz CT molecular complexity index is 337. The van der Waals surface area contributed by atoms with Crippen LogP contribution in [-0.2, 0) is 16.0 Å². The van der Waals surface area contributed by atoms with Crippen molar-refractivity contribution in [2.24, 2.45) is 0 Å². The van der Waals surface area contributed by atoms with Gasteiger partial charge in [0.25, 0.3) is 0 Å². The second-order valence-electron chi connectivity index (χ2n) is 4.46. The van der Waals surface area contributed by atoms with Gasteiger partial charge in [-0.2, -0.15) is 11.3 Å². The van der Waals surface area contributed by atoms with Gasteiger partial charge in [0, 0.05) is 13.5 Å². The average molecular weight is 238 g/mol. The monoisotopic (exact) mass is 238 g/mol. The highest BCUT2D eigenvalue weighted by Gasteiger charge is 2.40. The molecule has 0 amide bonds. The van der Waals surface area contributed by atoms with E-state index >= 15 is 0 Å². The summed E-state index contributed by atoms with van der Waals surface area (Å²) in [4.78, 5) is 12.2. The van der Waals surface area contributed by atoms with Gasteiger partial charge in [0.2, 0.25) is 0 Å². The van der Waals surface area contributed by atoms with Crippen molar-refractivity contribution in [1.29, 1.82) is 0 Å². The maximum Gasteiger partial charge on any atom is 0.164 e. The molecule has 0 atom stereocenters. The minimum atomic E-state index is -0.448. The molecule has 1 aliphatic carbocycles. The van der Waals surface area contributed by atoms with Crippen molar-refractivity contribution in [1.82, 2.24) is 0 Å². The Kier molecular flexibility index (Phi) is 3.77. The molecule has 1 heterocycles. The standard InChI is InChI=1S/C13H18O2S/c1-15-13(7-2-3-8-13)12(14)5-4-11-6-9-16-10-11/h6,9-10H,2-5,7-8H2,1H3. The molecule has 0 unspecified atom stereocenters. The van der Waals surface area contributed by atoms with Crippen LogP contribution >= 0.6 is 11.3 Å². The van der Waals surface area contributed by atoms with Gasteiger partial charge in [-0.15, -0.1) is 0 Å². The zero-order chi connectivity index (χ0) is 11.4. The fraction of sp³-hybridized carbons (Fsp3) is 0.615. The molecule has 1 aliphatic rings. The summed E-state index contributed by atoms with van der Waals surface area (Å²) < 4.78 is 5.48. The summed E-state index contributed by atoms with van der Waals surface area (Å²) in [6.45, 7) is 0. The van der Waals surface area contributed by atoms with E-state index in [-0.39, 0.29) is 0 Å². The quantitative estimate of drug-likeness (QED) is 0.787. The van der Waals surface area contributed by atoms with Crippen LogP contribution in [0.2, 0.25) is 0 Å². The van der Waals surface area contributed by atoms with Gasteiger partial charge in [-0.25, -0.2) is 0 Å². The fourth-order valence-corrected chi connectivity index (χ4v) is 3.17. The number of rotatable bonds is 5. The lowest BCUT2D eigenvalue weighted by Gasteiger charge is -2.25. The van der Waals surface area contributed by atoms with Gasteiger partial charge < -0.3 is 4.74 Å². The van der Waals surface area contributed by atoms with Crippen LogP contribution < -0.4 is 0 Å². The van der Waals surface area contributed by atoms with Gasteiger partial charge in [0.15, 0.2) is 5.78 Å². The van der Waals surface area contributed by atoms with E-state index in [1.165, 1.54) is 5.56 Å². The van der Waals surface area contributed by atoms with Gasteiger partial charge in [0.1, 0.15) is 5.60 Å². The number of hydrogen-bond donors (Lipinski definition) is 0. The number of methoxy groups -OCH3 is 1. The molecule has 0 aromatic carbocycles. The summed E-state index contributed by atoms with van der Waals surface area (Å²) in [5, 5.41) is 4.17. The first-order valence-electron chi connectivity index (χ1n) is 5.86. The predicted molar refractivity (Wildman–Crippen MR) is 65.9 cm³/mol. The van der Waals surface area contributed by atoms with Crippen LogP contribution in [0.4, 0.5) is 0 Å². The van der Waals surface area contributed by atoms with Gasteiger partial charge >= 0.3 is 0 Å². The summed E-state index contributed by atoms with van der Waals surface area (Å²) in [5.41, 5.74) is 0.818. The van der Waals surface area contributed by atoms with Crippen LogP contribution in [0.25, 0.3) is 0 Å². The van der Waals surface area contributed by atoms with E-state index in [1.54, 1.807) is 18.4 Å². The van der Waals surface area contributed by atoms with Crippen molar-refractivity contribution >= 4 is 17.1 Å². The topological polar surface area (TPSA) is 26.3 Å². The molecule has 1 saturated carbocycles. The van der Waals surface area contributed by atoms with E-state index in [2.05, 4.69) is 16.8 Å². The Labute approximate surface area is 101 Å². The molecular formula is C13H18O2S. The minimum absolute atomic E-state index is 0.290. The van der Waals surface area contributed by atoms with E-state index in [1.807, 2.05) is 0 Å². The smallest absolute Gasteiger partial charge is 0.164 e. The van der Waals surface area contributed by atoms with Crippen molar-refractivity contribution in [3.8, 4) is 0 Å². The van der Waals surface area contributed by atoms with E-state index < -0.39 is 5.60 Å². The number of hydrogen-bond acceptors (Lipinski definition) is 3. The van der Waals surface area contributed by atoms with Gasteiger partial charge in [0.05, 0.1) is 0 Å². The van der Waals surface area contributed by atoms with Crippen LogP contribution in [0, 0.1) is 0 Å². The average Bonchev–Trinajstić information content (AvgIpc) is 2.97. The maximum absolute atomic E-state index is 12.2. The molecule has 0 bridgehead atoms. The molecule has 1 aromatic heterocycles. The van der Waals surface area contributed by atoms with Crippen molar-refractivity contribution < 1.29 is 9.53 Å². The van der Waals surface area contributed by atoms with Crippen LogP contribution in [0.3, 0.4) is 0 Å². The zero-order valence-electron chi connectivity index (χ0n) is 9.70. The summed E-state index contributed by atoms with van der Waals surface area (Å²) in [7, 11) is 1.67. The molecular weight excluding hydrogens is 220 g/mol. The largest absolute Gasteiger partial charge is 0.370 e. The molecule has 2 rings (SSSR count). The van der Waals surface area contributed by atoms with Crippen molar-refractivity contribution in [2.45, 2.75) is 44.1 Å². The van der Waals surface area contributed by atoms with Crippen molar-refractivity contribution in [3.05, 3.63) is 22.4 Å². The lowest BCUT2D eigenvalue weighted by atomic mass is 9.92. The lowest BCUT2D eigenvalue weighted by molar-refractivity contribution is -0.140. The minimum Gasteiger partial charge on any atom is -0.370 e. The van der Waals surface area contributed by atoms with Gasteiger partial charge in [-0.3, -0.25) is 4.79 Å². The molecule has 0 N–H and O–H groups in total. The summed E-state index contributed by atoms with van der Waals surface area (Å²) in [6, 6.07) is 2.09. The highest BCUT2D eigenvalue weighted by atomic mass is 32.1. The molecule has 0 radical (unpaired) electrons. The molecule has 0 spiro atoms. The normalized spacial score (nSPS) is 18.8. The van der Waals surface area contributed by atoms with E-state index in [4.69, 9.17) is 4.74 Å². The highest BCUT2D eigenvalue weighted by molar-refractivity contribution is 7.07. The van der Waals surface area contributed by atoms with E-state index in [0.717, 1.165) is 32.1 Å². The maximum atomic E-state index is 12.2. The van der Waals surface area contributed by atoms with Gasteiger partial charge in [-0.1, -0.05) is 0 Å². The van der Waals surface area contributed by atoms with Gasteiger partial charge in [-0.05, 0) is 54.5 Å². The first-order chi connectivity index (χ1) is 7.77. The molecule has 0 saturated heterocycles. The third kappa shape index (κ3) is 2.36. The highest BCUT2D eigenvalue weighted by Crippen LogP contribution is 2.34. The summed E-state index contributed by atoms with van der Waals surface area (Å²) in [5.74, 6) is 0.290. The molecule has 88 valence electrons. The number of aryl methyl sites for hydroxylation is 1. The summed E-state index contributed by atoms with van der Waals surface area (Å²) >= 11 is 1.69. The number of thiophene rings is 1. The number of ether oxygens (including phenoxy) is 1. The second kappa shape index (κ2) is 5.11. The van der Waals surface area contributed by atoms with E-state index in [9.17, 15) is 4.79 Å². The Balaban J connectivity index is 1.91.